The second-order valence-electron chi connectivity index (χ2n) is 6.17. The zero-order chi connectivity index (χ0) is 20.7. The highest BCUT2D eigenvalue weighted by Crippen LogP contribution is 2.33. The number of anilines is 1. The Morgan fingerprint density at radius 3 is 2.39 bits per heavy atom. The first-order valence-electron chi connectivity index (χ1n) is 9.31. The lowest BCUT2D eigenvalue weighted by Crippen LogP contribution is -2.32. The quantitative estimate of drug-likeness (QED) is 0.721. The average Bonchev–Trinajstić information content (AvgIpc) is 3.02. The fourth-order valence-corrected chi connectivity index (χ4v) is 3.90. The molecular weight excluding hydrogens is 374 g/mol. The van der Waals surface area contributed by atoms with Gasteiger partial charge in [0.25, 0.3) is 11.8 Å². The number of ether oxygens (including phenoxy) is 1. The first kappa shape index (κ1) is 21.5. The molecule has 0 aliphatic rings. The minimum atomic E-state index is -0.696. The van der Waals surface area contributed by atoms with Crippen LogP contribution in [0, 0.1) is 18.3 Å². The number of nitriles is 1. The van der Waals surface area contributed by atoms with Gasteiger partial charge < -0.3 is 15.0 Å². The van der Waals surface area contributed by atoms with Gasteiger partial charge in [0.05, 0.1) is 10.4 Å². The maximum atomic E-state index is 12.7. The molecule has 2 rings (SSSR count). The van der Waals surface area contributed by atoms with Gasteiger partial charge in [-0.05, 0) is 44.9 Å². The van der Waals surface area contributed by atoms with Crippen molar-refractivity contribution in [1.82, 2.24) is 4.90 Å². The molecule has 0 saturated carbocycles. The highest BCUT2D eigenvalue weighted by Gasteiger charge is 2.26. The van der Waals surface area contributed by atoms with Crippen molar-refractivity contribution in [3.05, 3.63) is 46.3 Å². The minimum absolute atomic E-state index is 0.128. The van der Waals surface area contributed by atoms with Crippen molar-refractivity contribution in [2.45, 2.75) is 40.2 Å². The number of benzene rings is 1. The van der Waals surface area contributed by atoms with Gasteiger partial charge in [0, 0.05) is 13.1 Å². The predicted molar refractivity (Wildman–Crippen MR) is 111 cm³/mol. The van der Waals surface area contributed by atoms with E-state index in [1.165, 1.54) is 0 Å². The lowest BCUT2D eigenvalue weighted by Gasteiger charge is -2.18. The Hall–Kier alpha value is -2.85. The zero-order valence-corrected chi connectivity index (χ0v) is 17.4. The standard InChI is InChI=1S/C21H25N3O3S/c1-5-17(27-15-11-9-8-10-12-15)19(25)23-20-16(13-22)14(4)18(28-20)21(26)24(6-2)7-3/h8-12,17H,5-7H2,1-4H3,(H,23,25). The van der Waals surface area contributed by atoms with Gasteiger partial charge in [-0.3, -0.25) is 9.59 Å². The largest absolute Gasteiger partial charge is 0.481 e. The maximum Gasteiger partial charge on any atom is 0.266 e. The summed E-state index contributed by atoms with van der Waals surface area (Å²) in [6.45, 7) is 8.57. The van der Waals surface area contributed by atoms with E-state index in [1.54, 1.807) is 24.0 Å². The lowest BCUT2D eigenvalue weighted by atomic mass is 10.1. The molecule has 1 N–H and O–H groups in total. The SMILES string of the molecule is CCC(Oc1ccccc1)C(=O)Nc1sc(C(=O)N(CC)CC)c(C)c1C#N. The highest BCUT2D eigenvalue weighted by atomic mass is 32.1. The summed E-state index contributed by atoms with van der Waals surface area (Å²) in [5.41, 5.74) is 0.917. The van der Waals surface area contributed by atoms with Gasteiger partial charge >= 0.3 is 0 Å². The van der Waals surface area contributed by atoms with E-state index in [-0.39, 0.29) is 11.8 Å². The van der Waals surface area contributed by atoms with Crippen molar-refractivity contribution in [2.75, 3.05) is 18.4 Å². The first-order valence-corrected chi connectivity index (χ1v) is 10.1. The van der Waals surface area contributed by atoms with Gasteiger partial charge in [0.15, 0.2) is 6.10 Å². The molecule has 1 aromatic heterocycles. The number of hydrogen-bond donors (Lipinski definition) is 1. The van der Waals surface area contributed by atoms with Crippen molar-refractivity contribution in [3.8, 4) is 11.8 Å². The van der Waals surface area contributed by atoms with E-state index < -0.39 is 6.10 Å². The van der Waals surface area contributed by atoms with Crippen LogP contribution in [0.2, 0.25) is 0 Å². The van der Waals surface area contributed by atoms with Crippen molar-refractivity contribution in [3.63, 3.8) is 0 Å². The van der Waals surface area contributed by atoms with Gasteiger partial charge in [0.1, 0.15) is 16.8 Å². The summed E-state index contributed by atoms with van der Waals surface area (Å²) in [5, 5.41) is 12.7. The van der Waals surface area contributed by atoms with Crippen LogP contribution in [0.25, 0.3) is 0 Å². The van der Waals surface area contributed by atoms with Crippen LogP contribution in [0.1, 0.15) is 48.0 Å². The zero-order valence-electron chi connectivity index (χ0n) is 16.6. The molecule has 1 aromatic carbocycles. The van der Waals surface area contributed by atoms with Crippen LogP contribution in [0.5, 0.6) is 5.75 Å². The molecule has 2 amide bonds. The Morgan fingerprint density at radius 1 is 1.21 bits per heavy atom. The lowest BCUT2D eigenvalue weighted by molar-refractivity contribution is -0.122. The summed E-state index contributed by atoms with van der Waals surface area (Å²) < 4.78 is 5.76. The molecule has 0 fully saturated rings. The molecule has 0 radical (unpaired) electrons. The number of nitrogens with zero attached hydrogens (tertiary/aromatic N) is 2. The molecule has 0 bridgehead atoms. The first-order chi connectivity index (χ1) is 13.5. The fourth-order valence-electron chi connectivity index (χ4n) is 2.77. The highest BCUT2D eigenvalue weighted by molar-refractivity contribution is 7.18. The molecule has 0 aliphatic heterocycles. The topological polar surface area (TPSA) is 82.4 Å². The third-order valence-electron chi connectivity index (χ3n) is 4.42. The van der Waals surface area contributed by atoms with Gasteiger partial charge in [-0.25, -0.2) is 0 Å². The average molecular weight is 400 g/mol. The van der Waals surface area contributed by atoms with E-state index in [4.69, 9.17) is 4.74 Å². The molecular formula is C21H25N3O3S. The van der Waals surface area contributed by atoms with E-state index in [0.717, 1.165) is 11.3 Å². The molecule has 1 unspecified atom stereocenters. The number of hydrogen-bond acceptors (Lipinski definition) is 5. The normalized spacial score (nSPS) is 11.4. The Balaban J connectivity index is 2.25. The minimum Gasteiger partial charge on any atom is -0.481 e. The molecule has 0 spiro atoms. The van der Waals surface area contributed by atoms with Crippen LogP contribution >= 0.6 is 11.3 Å². The molecule has 0 saturated heterocycles. The number of para-hydroxylation sites is 1. The fraction of sp³-hybridized carbons (Fsp3) is 0.381. The summed E-state index contributed by atoms with van der Waals surface area (Å²) in [5.74, 6) is 0.132. The van der Waals surface area contributed by atoms with Crippen LogP contribution in [-0.4, -0.2) is 35.9 Å². The smallest absolute Gasteiger partial charge is 0.266 e. The summed E-state index contributed by atoms with van der Waals surface area (Å²) in [6, 6.07) is 11.2. The second-order valence-corrected chi connectivity index (χ2v) is 7.19. The van der Waals surface area contributed by atoms with E-state index in [1.807, 2.05) is 39.0 Å². The van der Waals surface area contributed by atoms with E-state index in [0.29, 0.717) is 46.3 Å². The number of amides is 2. The monoisotopic (exact) mass is 399 g/mol. The van der Waals surface area contributed by atoms with E-state index in [2.05, 4.69) is 11.4 Å². The van der Waals surface area contributed by atoms with E-state index in [9.17, 15) is 14.9 Å². The molecule has 0 aliphatic carbocycles. The van der Waals surface area contributed by atoms with Crippen LogP contribution in [0.4, 0.5) is 5.00 Å². The maximum absolute atomic E-state index is 12.7. The Morgan fingerprint density at radius 2 is 1.86 bits per heavy atom. The molecule has 7 heteroatoms. The van der Waals surface area contributed by atoms with Gasteiger partial charge in [-0.2, -0.15) is 5.26 Å². The summed E-state index contributed by atoms with van der Waals surface area (Å²) in [6.07, 6.45) is -0.226. The molecule has 1 heterocycles. The third kappa shape index (κ3) is 4.70. The van der Waals surface area contributed by atoms with Gasteiger partial charge in [-0.1, -0.05) is 25.1 Å². The van der Waals surface area contributed by atoms with Crippen molar-refractivity contribution in [1.29, 1.82) is 5.26 Å². The number of thiophene rings is 1. The molecule has 2 aromatic rings. The summed E-state index contributed by atoms with van der Waals surface area (Å²) in [4.78, 5) is 27.6. The van der Waals surface area contributed by atoms with Crippen LogP contribution in [0.3, 0.4) is 0 Å². The van der Waals surface area contributed by atoms with Crippen molar-refractivity contribution < 1.29 is 14.3 Å². The van der Waals surface area contributed by atoms with Crippen molar-refractivity contribution in [2.24, 2.45) is 0 Å². The van der Waals surface area contributed by atoms with Crippen LogP contribution in [0.15, 0.2) is 30.3 Å². The van der Waals surface area contributed by atoms with Gasteiger partial charge in [0.2, 0.25) is 0 Å². The van der Waals surface area contributed by atoms with Crippen LogP contribution < -0.4 is 10.1 Å². The van der Waals surface area contributed by atoms with E-state index >= 15 is 0 Å². The Kier molecular flexibility index (Phi) is 7.59. The summed E-state index contributed by atoms with van der Waals surface area (Å²) >= 11 is 1.14. The molecule has 1 atom stereocenters. The number of rotatable bonds is 8. The number of carbonyl (C=O) groups excluding carboxylic acids is 2. The molecule has 6 nitrogen and oxygen atoms in total. The summed E-state index contributed by atoms with van der Waals surface area (Å²) in [7, 11) is 0. The number of carbonyl (C=O) groups is 2. The van der Waals surface area contributed by atoms with Crippen molar-refractivity contribution >= 4 is 28.2 Å². The molecule has 28 heavy (non-hydrogen) atoms. The number of nitrogens with one attached hydrogen (secondary N) is 1. The Labute approximate surface area is 169 Å². The van der Waals surface area contributed by atoms with Crippen LogP contribution in [-0.2, 0) is 4.79 Å². The van der Waals surface area contributed by atoms with Gasteiger partial charge in [-0.15, -0.1) is 11.3 Å². The third-order valence-corrected chi connectivity index (χ3v) is 5.62. The second kappa shape index (κ2) is 9.90. The Bertz CT molecular complexity index is 867. The predicted octanol–water partition coefficient (Wildman–Crippen LogP) is 4.21. The molecule has 148 valence electrons.